The Hall–Kier alpha value is -2.43. The monoisotopic (exact) mass is 317 g/mol. The Kier molecular flexibility index (Phi) is 6.09. The average Bonchev–Trinajstić information content (AvgIpc) is 2.54. The Labute approximate surface area is 135 Å². The largest absolute Gasteiger partial charge is 0.356 e. The summed E-state index contributed by atoms with van der Waals surface area (Å²) in [6, 6.07) is 12.4. The van der Waals surface area contributed by atoms with E-state index in [9.17, 15) is 8.78 Å². The number of guanidine groups is 1. The zero-order valence-corrected chi connectivity index (χ0v) is 13.4. The first-order valence-electron chi connectivity index (χ1n) is 7.53. The molecule has 23 heavy (non-hydrogen) atoms. The molecule has 3 nitrogen and oxygen atoms in total. The van der Waals surface area contributed by atoms with E-state index in [1.807, 2.05) is 25.1 Å². The van der Waals surface area contributed by atoms with E-state index in [2.05, 4.69) is 21.7 Å². The topological polar surface area (TPSA) is 36.4 Å². The first-order chi connectivity index (χ1) is 11.1. The third-order valence-corrected chi connectivity index (χ3v) is 3.48. The van der Waals surface area contributed by atoms with Crippen LogP contribution in [0.25, 0.3) is 0 Å². The van der Waals surface area contributed by atoms with Crippen LogP contribution >= 0.6 is 0 Å². The summed E-state index contributed by atoms with van der Waals surface area (Å²) >= 11 is 0. The number of benzene rings is 2. The van der Waals surface area contributed by atoms with E-state index >= 15 is 0 Å². The quantitative estimate of drug-likeness (QED) is 0.656. The minimum Gasteiger partial charge on any atom is -0.356 e. The van der Waals surface area contributed by atoms with E-state index in [-0.39, 0.29) is 0 Å². The predicted octanol–water partition coefficient (Wildman–Crippen LogP) is 3.18. The highest BCUT2D eigenvalue weighted by atomic mass is 19.2. The smallest absolute Gasteiger partial charge is 0.191 e. The molecule has 0 amide bonds. The van der Waals surface area contributed by atoms with Gasteiger partial charge in [-0.25, -0.2) is 8.78 Å². The molecular formula is C18H21F2N3. The zero-order valence-electron chi connectivity index (χ0n) is 13.4. The molecule has 0 unspecified atom stereocenters. The summed E-state index contributed by atoms with van der Waals surface area (Å²) in [7, 11) is 1.67. The van der Waals surface area contributed by atoms with E-state index in [0.29, 0.717) is 31.0 Å². The average molecular weight is 317 g/mol. The molecule has 0 radical (unpaired) electrons. The lowest BCUT2D eigenvalue weighted by Gasteiger charge is -2.12. The van der Waals surface area contributed by atoms with Gasteiger partial charge in [-0.3, -0.25) is 4.99 Å². The summed E-state index contributed by atoms with van der Waals surface area (Å²) in [5, 5.41) is 6.30. The van der Waals surface area contributed by atoms with Gasteiger partial charge in [-0.1, -0.05) is 42.0 Å². The lowest BCUT2D eigenvalue weighted by Crippen LogP contribution is -2.37. The SMILES string of the molecule is CN=C(NCCc1cccc(F)c1F)NCc1cccc(C)c1. The Morgan fingerprint density at radius 2 is 1.87 bits per heavy atom. The van der Waals surface area contributed by atoms with Gasteiger partial charge in [0.2, 0.25) is 0 Å². The number of halogens is 2. The molecule has 2 aromatic carbocycles. The van der Waals surface area contributed by atoms with Crippen LogP contribution in [-0.4, -0.2) is 19.6 Å². The lowest BCUT2D eigenvalue weighted by molar-refractivity contribution is 0.498. The van der Waals surface area contributed by atoms with Gasteiger partial charge in [-0.05, 0) is 30.5 Å². The summed E-state index contributed by atoms with van der Waals surface area (Å²) in [5.74, 6) is -0.968. The van der Waals surface area contributed by atoms with Crippen molar-refractivity contribution < 1.29 is 8.78 Å². The fourth-order valence-electron chi connectivity index (χ4n) is 2.29. The van der Waals surface area contributed by atoms with E-state index in [4.69, 9.17) is 0 Å². The Balaban J connectivity index is 1.82. The molecule has 0 saturated heterocycles. The number of aryl methyl sites for hydroxylation is 1. The highest BCUT2D eigenvalue weighted by Crippen LogP contribution is 2.11. The molecule has 2 rings (SSSR count). The molecule has 0 atom stereocenters. The van der Waals surface area contributed by atoms with E-state index in [1.54, 1.807) is 13.1 Å². The minimum absolute atomic E-state index is 0.353. The third-order valence-electron chi connectivity index (χ3n) is 3.48. The molecule has 122 valence electrons. The fraction of sp³-hybridized carbons (Fsp3) is 0.278. The summed E-state index contributed by atoms with van der Waals surface area (Å²) in [6.45, 7) is 3.16. The first-order valence-corrected chi connectivity index (χ1v) is 7.53. The van der Waals surface area contributed by atoms with Gasteiger partial charge in [-0.15, -0.1) is 0 Å². The van der Waals surface area contributed by atoms with Crippen molar-refractivity contribution >= 4 is 5.96 Å². The van der Waals surface area contributed by atoms with Crippen molar-refractivity contribution in [2.45, 2.75) is 19.9 Å². The van der Waals surface area contributed by atoms with Gasteiger partial charge in [0.1, 0.15) is 0 Å². The number of aliphatic imine (C=N–C) groups is 1. The molecule has 2 aromatic rings. The predicted molar refractivity (Wildman–Crippen MR) is 89.4 cm³/mol. The van der Waals surface area contributed by atoms with Crippen molar-refractivity contribution in [1.29, 1.82) is 0 Å². The maximum Gasteiger partial charge on any atom is 0.191 e. The molecule has 0 fully saturated rings. The number of rotatable bonds is 5. The second kappa shape index (κ2) is 8.27. The van der Waals surface area contributed by atoms with Crippen LogP contribution in [0.2, 0.25) is 0 Å². The van der Waals surface area contributed by atoms with Crippen LogP contribution in [0.1, 0.15) is 16.7 Å². The normalized spacial score (nSPS) is 11.4. The van der Waals surface area contributed by atoms with Crippen LogP contribution in [0.5, 0.6) is 0 Å². The second-order valence-electron chi connectivity index (χ2n) is 5.30. The third kappa shape index (κ3) is 5.06. The zero-order chi connectivity index (χ0) is 16.7. The summed E-state index contributed by atoms with van der Waals surface area (Å²) in [4.78, 5) is 4.12. The maximum atomic E-state index is 13.6. The molecule has 5 heteroatoms. The Morgan fingerprint density at radius 1 is 1.09 bits per heavy atom. The van der Waals surface area contributed by atoms with Crippen LogP contribution in [0.4, 0.5) is 8.78 Å². The van der Waals surface area contributed by atoms with E-state index < -0.39 is 11.6 Å². The van der Waals surface area contributed by atoms with Crippen LogP contribution in [-0.2, 0) is 13.0 Å². The van der Waals surface area contributed by atoms with Crippen LogP contribution in [0, 0.1) is 18.6 Å². The van der Waals surface area contributed by atoms with Gasteiger partial charge in [0.25, 0.3) is 0 Å². The fourth-order valence-corrected chi connectivity index (χ4v) is 2.29. The molecule has 0 bridgehead atoms. The molecule has 0 spiro atoms. The van der Waals surface area contributed by atoms with Crippen molar-refractivity contribution in [2.75, 3.05) is 13.6 Å². The molecular weight excluding hydrogens is 296 g/mol. The van der Waals surface area contributed by atoms with Crippen molar-refractivity contribution in [3.05, 3.63) is 70.8 Å². The molecule has 0 saturated carbocycles. The maximum absolute atomic E-state index is 13.6. The highest BCUT2D eigenvalue weighted by molar-refractivity contribution is 5.79. The molecule has 0 heterocycles. The van der Waals surface area contributed by atoms with Crippen molar-refractivity contribution in [2.24, 2.45) is 4.99 Å². The molecule has 0 aromatic heterocycles. The van der Waals surface area contributed by atoms with Gasteiger partial charge < -0.3 is 10.6 Å². The number of hydrogen-bond acceptors (Lipinski definition) is 1. The van der Waals surface area contributed by atoms with Crippen molar-refractivity contribution in [3.8, 4) is 0 Å². The lowest BCUT2D eigenvalue weighted by atomic mass is 10.1. The first kappa shape index (κ1) is 16.9. The number of nitrogens with one attached hydrogen (secondary N) is 2. The minimum atomic E-state index is -0.815. The Bertz CT molecular complexity index is 684. The van der Waals surface area contributed by atoms with Crippen molar-refractivity contribution in [1.82, 2.24) is 10.6 Å². The van der Waals surface area contributed by atoms with Crippen molar-refractivity contribution in [3.63, 3.8) is 0 Å². The standard InChI is InChI=1S/C18H21F2N3/c1-13-5-3-6-14(11-13)12-23-18(21-2)22-10-9-15-7-4-8-16(19)17(15)20/h3-8,11H,9-10,12H2,1-2H3,(H2,21,22,23). The number of hydrogen-bond donors (Lipinski definition) is 2. The number of nitrogens with zero attached hydrogens (tertiary/aromatic N) is 1. The molecule has 0 aliphatic heterocycles. The van der Waals surface area contributed by atoms with Gasteiger partial charge in [0, 0.05) is 20.1 Å². The summed E-state index contributed by atoms with van der Waals surface area (Å²) < 4.78 is 26.7. The highest BCUT2D eigenvalue weighted by Gasteiger charge is 2.07. The molecule has 0 aliphatic carbocycles. The Morgan fingerprint density at radius 3 is 2.61 bits per heavy atom. The van der Waals surface area contributed by atoms with Gasteiger partial charge in [0.05, 0.1) is 0 Å². The van der Waals surface area contributed by atoms with Gasteiger partial charge >= 0.3 is 0 Å². The van der Waals surface area contributed by atoms with Gasteiger partial charge in [0.15, 0.2) is 17.6 Å². The van der Waals surface area contributed by atoms with E-state index in [1.165, 1.54) is 11.6 Å². The summed E-state index contributed by atoms with van der Waals surface area (Å²) in [6.07, 6.45) is 0.384. The second-order valence-corrected chi connectivity index (χ2v) is 5.30. The van der Waals surface area contributed by atoms with Gasteiger partial charge in [-0.2, -0.15) is 0 Å². The van der Waals surface area contributed by atoms with Crippen LogP contribution < -0.4 is 10.6 Å². The van der Waals surface area contributed by atoms with Crippen LogP contribution in [0.15, 0.2) is 47.5 Å². The van der Waals surface area contributed by atoms with E-state index in [0.717, 1.165) is 11.6 Å². The summed E-state index contributed by atoms with van der Waals surface area (Å²) in [5.41, 5.74) is 2.71. The molecule has 0 aliphatic rings. The molecule has 2 N–H and O–H groups in total. The van der Waals surface area contributed by atoms with Crippen LogP contribution in [0.3, 0.4) is 0 Å².